The first kappa shape index (κ1) is 25.2. The van der Waals surface area contributed by atoms with E-state index in [0.29, 0.717) is 18.7 Å². The standard InChI is InChI=1S/C23H34N4O5/c1-14(2)11-17-22(30)24-9-10-32-19-8-6-5-7-16(19)21(29)27-18(12-20(28)26-17)23(31)25-13-15(3)4/h5-8,14-15,17-18H,9-13H2,1-4H3,(H,24,30)(H,25,31)(H,26,28)(H,27,29)/t17-,18-/m0/s1. The van der Waals surface area contributed by atoms with Crippen molar-refractivity contribution in [1.82, 2.24) is 21.3 Å². The number of benzene rings is 1. The van der Waals surface area contributed by atoms with Crippen molar-refractivity contribution in [1.29, 1.82) is 0 Å². The van der Waals surface area contributed by atoms with E-state index in [1.54, 1.807) is 24.3 Å². The fourth-order valence-electron chi connectivity index (χ4n) is 3.25. The van der Waals surface area contributed by atoms with Crippen molar-refractivity contribution < 1.29 is 23.9 Å². The molecule has 0 saturated heterocycles. The highest BCUT2D eigenvalue weighted by atomic mass is 16.5. The van der Waals surface area contributed by atoms with Gasteiger partial charge in [-0.1, -0.05) is 39.8 Å². The van der Waals surface area contributed by atoms with Gasteiger partial charge in [0.1, 0.15) is 24.4 Å². The Kier molecular flexibility index (Phi) is 9.49. The minimum Gasteiger partial charge on any atom is -0.491 e. The first-order chi connectivity index (χ1) is 15.2. The van der Waals surface area contributed by atoms with Gasteiger partial charge in [-0.3, -0.25) is 19.2 Å². The van der Waals surface area contributed by atoms with E-state index in [0.717, 1.165) is 0 Å². The van der Waals surface area contributed by atoms with Crippen LogP contribution in [0.4, 0.5) is 0 Å². The minimum absolute atomic E-state index is 0.149. The van der Waals surface area contributed by atoms with Crippen LogP contribution in [0.2, 0.25) is 0 Å². The van der Waals surface area contributed by atoms with Crippen molar-refractivity contribution >= 4 is 23.6 Å². The first-order valence-electron chi connectivity index (χ1n) is 11.0. The van der Waals surface area contributed by atoms with Crippen LogP contribution in [0.15, 0.2) is 24.3 Å². The number of carbonyl (C=O) groups is 4. The molecule has 1 aliphatic rings. The molecule has 176 valence electrons. The van der Waals surface area contributed by atoms with E-state index >= 15 is 0 Å². The lowest BCUT2D eigenvalue weighted by atomic mass is 10.0. The maximum Gasteiger partial charge on any atom is 0.255 e. The molecule has 4 amide bonds. The fraction of sp³-hybridized carbons (Fsp3) is 0.565. The van der Waals surface area contributed by atoms with E-state index in [2.05, 4.69) is 21.3 Å². The van der Waals surface area contributed by atoms with Crippen molar-refractivity contribution in [2.24, 2.45) is 11.8 Å². The largest absolute Gasteiger partial charge is 0.491 e. The van der Waals surface area contributed by atoms with Gasteiger partial charge in [0.2, 0.25) is 17.7 Å². The predicted molar refractivity (Wildman–Crippen MR) is 120 cm³/mol. The van der Waals surface area contributed by atoms with Crippen LogP contribution in [0.3, 0.4) is 0 Å². The summed E-state index contributed by atoms with van der Waals surface area (Å²) in [6.07, 6.45) is 0.151. The van der Waals surface area contributed by atoms with E-state index in [4.69, 9.17) is 4.74 Å². The normalized spacial score (nSPS) is 20.4. The molecule has 1 aliphatic heterocycles. The zero-order chi connectivity index (χ0) is 23.7. The number of hydrogen-bond donors (Lipinski definition) is 4. The Morgan fingerprint density at radius 1 is 1.09 bits per heavy atom. The van der Waals surface area contributed by atoms with Crippen LogP contribution < -0.4 is 26.0 Å². The number of amides is 4. The molecule has 0 bridgehead atoms. The molecule has 9 nitrogen and oxygen atoms in total. The van der Waals surface area contributed by atoms with Gasteiger partial charge in [0.25, 0.3) is 5.91 Å². The molecule has 0 spiro atoms. The molecular formula is C23H34N4O5. The van der Waals surface area contributed by atoms with Crippen molar-refractivity contribution in [2.75, 3.05) is 19.7 Å². The summed E-state index contributed by atoms with van der Waals surface area (Å²) in [5, 5.41) is 10.9. The maximum atomic E-state index is 12.9. The van der Waals surface area contributed by atoms with Crippen molar-refractivity contribution in [3.8, 4) is 5.75 Å². The zero-order valence-electron chi connectivity index (χ0n) is 19.2. The SMILES string of the molecule is CC(C)CNC(=O)[C@@H]1CC(=O)N[C@@H](CC(C)C)C(=O)NCCOc2ccccc2C(=O)N1. The lowest BCUT2D eigenvalue weighted by Gasteiger charge is -2.24. The molecule has 0 fully saturated rings. The second-order valence-electron chi connectivity index (χ2n) is 8.75. The number of hydrogen-bond acceptors (Lipinski definition) is 5. The summed E-state index contributed by atoms with van der Waals surface area (Å²) in [6.45, 7) is 8.57. The van der Waals surface area contributed by atoms with Gasteiger partial charge in [-0.25, -0.2) is 0 Å². The van der Waals surface area contributed by atoms with E-state index in [1.807, 2.05) is 27.7 Å². The van der Waals surface area contributed by atoms with E-state index < -0.39 is 29.8 Å². The molecule has 0 aromatic heterocycles. The first-order valence-corrected chi connectivity index (χ1v) is 11.0. The van der Waals surface area contributed by atoms with Gasteiger partial charge >= 0.3 is 0 Å². The lowest BCUT2D eigenvalue weighted by Crippen LogP contribution is -2.53. The molecule has 32 heavy (non-hydrogen) atoms. The molecule has 0 unspecified atom stereocenters. The average Bonchev–Trinajstić information content (AvgIpc) is 2.73. The molecule has 1 aromatic carbocycles. The topological polar surface area (TPSA) is 126 Å². The highest BCUT2D eigenvalue weighted by molar-refractivity contribution is 6.01. The Labute approximate surface area is 189 Å². The molecule has 4 N–H and O–H groups in total. The summed E-state index contributed by atoms with van der Waals surface area (Å²) >= 11 is 0. The van der Waals surface area contributed by atoms with E-state index in [-0.39, 0.29) is 42.9 Å². The van der Waals surface area contributed by atoms with Gasteiger partial charge in [0.05, 0.1) is 18.5 Å². The van der Waals surface area contributed by atoms with Crippen LogP contribution in [-0.2, 0) is 14.4 Å². The summed E-state index contributed by atoms with van der Waals surface area (Å²) in [7, 11) is 0. The van der Waals surface area contributed by atoms with Crippen LogP contribution in [0.1, 0.15) is 50.9 Å². The molecule has 1 aromatic rings. The Hall–Kier alpha value is -3.10. The van der Waals surface area contributed by atoms with Gasteiger partial charge < -0.3 is 26.0 Å². The highest BCUT2D eigenvalue weighted by Crippen LogP contribution is 2.18. The van der Waals surface area contributed by atoms with Crippen molar-refractivity contribution in [3.63, 3.8) is 0 Å². The Bertz CT molecular complexity index is 824. The van der Waals surface area contributed by atoms with E-state index in [1.165, 1.54) is 0 Å². The second kappa shape index (κ2) is 12.1. The van der Waals surface area contributed by atoms with Crippen LogP contribution in [-0.4, -0.2) is 55.4 Å². The smallest absolute Gasteiger partial charge is 0.255 e. The third-order valence-electron chi connectivity index (χ3n) is 4.85. The quantitative estimate of drug-likeness (QED) is 0.537. The third-order valence-corrected chi connectivity index (χ3v) is 4.85. The molecule has 1 heterocycles. The second-order valence-corrected chi connectivity index (χ2v) is 8.75. The monoisotopic (exact) mass is 446 g/mol. The summed E-state index contributed by atoms with van der Waals surface area (Å²) in [4.78, 5) is 51.1. The molecule has 0 aliphatic carbocycles. The van der Waals surface area contributed by atoms with Gasteiger partial charge in [-0.05, 0) is 30.4 Å². The molecule has 2 atom stereocenters. The predicted octanol–water partition coefficient (Wildman–Crippen LogP) is 0.987. The van der Waals surface area contributed by atoms with Crippen LogP contribution in [0.25, 0.3) is 0 Å². The van der Waals surface area contributed by atoms with Gasteiger partial charge in [-0.15, -0.1) is 0 Å². The number of nitrogens with one attached hydrogen (secondary N) is 4. The molecule has 2 rings (SSSR count). The molecule has 0 radical (unpaired) electrons. The third kappa shape index (κ3) is 7.86. The number of carbonyl (C=O) groups excluding carboxylic acids is 4. The van der Waals surface area contributed by atoms with Crippen molar-refractivity contribution in [3.05, 3.63) is 29.8 Å². The molecule has 9 heteroatoms. The molecule has 0 saturated carbocycles. The summed E-state index contributed by atoms with van der Waals surface area (Å²) in [5.41, 5.74) is 0.246. The van der Waals surface area contributed by atoms with Gasteiger partial charge in [0.15, 0.2) is 0 Å². The number of ether oxygens (including phenoxy) is 1. The Morgan fingerprint density at radius 3 is 2.50 bits per heavy atom. The highest BCUT2D eigenvalue weighted by Gasteiger charge is 2.28. The number of fused-ring (bicyclic) bond motifs is 1. The van der Waals surface area contributed by atoms with Gasteiger partial charge in [0, 0.05) is 6.54 Å². The van der Waals surface area contributed by atoms with Crippen LogP contribution >= 0.6 is 0 Å². The average molecular weight is 447 g/mol. The number of para-hydroxylation sites is 1. The maximum absolute atomic E-state index is 12.9. The summed E-state index contributed by atoms with van der Waals surface area (Å²) in [6, 6.07) is 4.80. The van der Waals surface area contributed by atoms with Crippen molar-refractivity contribution in [2.45, 2.75) is 52.6 Å². The summed E-state index contributed by atoms with van der Waals surface area (Å²) in [5.74, 6) is -1.08. The minimum atomic E-state index is -1.10. The van der Waals surface area contributed by atoms with Crippen LogP contribution in [0.5, 0.6) is 5.75 Å². The van der Waals surface area contributed by atoms with Crippen LogP contribution in [0, 0.1) is 11.8 Å². The summed E-state index contributed by atoms with van der Waals surface area (Å²) < 4.78 is 5.70. The zero-order valence-corrected chi connectivity index (χ0v) is 19.2. The fourth-order valence-corrected chi connectivity index (χ4v) is 3.25. The van der Waals surface area contributed by atoms with Gasteiger partial charge in [-0.2, -0.15) is 0 Å². The molecular weight excluding hydrogens is 412 g/mol. The lowest BCUT2D eigenvalue weighted by molar-refractivity contribution is -0.131. The number of rotatable bonds is 5. The Balaban J connectivity index is 2.31. The Morgan fingerprint density at radius 2 is 1.81 bits per heavy atom. The van der Waals surface area contributed by atoms with E-state index in [9.17, 15) is 19.2 Å².